The maximum atomic E-state index is 15.2. The number of halogens is 4. The minimum absolute atomic E-state index is 0.165. The first-order valence-electron chi connectivity index (χ1n) is 14.9. The van der Waals surface area contributed by atoms with Gasteiger partial charge in [-0.2, -0.15) is 0 Å². The fraction of sp³-hybridized carbons (Fsp3) is 0.242. The number of aryl methyl sites for hydroxylation is 1. The molecule has 5 aromatic rings. The van der Waals surface area contributed by atoms with Gasteiger partial charge in [-0.3, -0.25) is 4.72 Å². The van der Waals surface area contributed by atoms with E-state index in [-0.39, 0.29) is 28.6 Å². The Morgan fingerprint density at radius 3 is 2.52 bits per heavy atom. The number of fused-ring (bicyclic) bond motifs is 1. The van der Waals surface area contributed by atoms with Crippen LogP contribution >= 0.6 is 0 Å². The SMILES string of the molecule is Cc1ccc2c(NS(=O)(=O)Cc3ccc(OC(F)(F)F)cc3)c(F)ccc2c1Oc1ncccc1-c1ccnc(NC2CCCNC2)n1. The van der Waals surface area contributed by atoms with Crippen molar-refractivity contribution in [2.24, 2.45) is 0 Å². The van der Waals surface area contributed by atoms with Crippen molar-refractivity contribution in [1.29, 1.82) is 0 Å². The molecule has 0 radical (unpaired) electrons. The minimum Gasteiger partial charge on any atom is -0.437 e. The first-order valence-corrected chi connectivity index (χ1v) is 16.6. The van der Waals surface area contributed by atoms with E-state index in [0.717, 1.165) is 44.1 Å². The number of benzene rings is 3. The van der Waals surface area contributed by atoms with Crippen LogP contribution < -0.4 is 24.8 Å². The van der Waals surface area contributed by atoms with Crippen molar-refractivity contribution in [2.45, 2.75) is 37.9 Å². The lowest BCUT2D eigenvalue weighted by Crippen LogP contribution is -2.38. The molecule has 250 valence electrons. The van der Waals surface area contributed by atoms with Gasteiger partial charge >= 0.3 is 6.36 Å². The number of alkyl halides is 3. The minimum atomic E-state index is -4.89. The van der Waals surface area contributed by atoms with E-state index in [1.165, 1.54) is 18.2 Å². The second kappa shape index (κ2) is 13.6. The molecule has 1 saturated heterocycles. The van der Waals surface area contributed by atoms with E-state index in [0.29, 0.717) is 33.9 Å². The van der Waals surface area contributed by atoms with Gasteiger partial charge in [-0.1, -0.05) is 24.3 Å². The smallest absolute Gasteiger partial charge is 0.437 e. The van der Waals surface area contributed by atoms with E-state index < -0.39 is 33.7 Å². The van der Waals surface area contributed by atoms with E-state index >= 15 is 4.39 Å². The molecule has 6 rings (SSSR count). The molecule has 0 bridgehead atoms. The van der Waals surface area contributed by atoms with Gasteiger partial charge in [0, 0.05) is 35.8 Å². The fourth-order valence-corrected chi connectivity index (χ4v) is 6.62. The van der Waals surface area contributed by atoms with Gasteiger partial charge in [0.15, 0.2) is 0 Å². The molecule has 1 atom stereocenters. The number of anilines is 2. The Balaban J connectivity index is 1.27. The third-order valence-electron chi connectivity index (χ3n) is 7.60. The summed E-state index contributed by atoms with van der Waals surface area (Å²) in [6.07, 6.45) is 0.368. The lowest BCUT2D eigenvalue weighted by atomic mass is 10.0. The quantitative estimate of drug-likeness (QED) is 0.134. The van der Waals surface area contributed by atoms with E-state index in [4.69, 9.17) is 9.72 Å². The molecule has 0 aliphatic carbocycles. The number of nitrogens with zero attached hydrogens (tertiary/aromatic N) is 3. The van der Waals surface area contributed by atoms with Crippen LogP contribution in [0.1, 0.15) is 24.0 Å². The first kappa shape index (κ1) is 32.9. The molecule has 1 aliphatic rings. The topological polar surface area (TPSA) is 127 Å². The lowest BCUT2D eigenvalue weighted by molar-refractivity contribution is -0.274. The molecular weight excluding hydrogens is 652 g/mol. The van der Waals surface area contributed by atoms with Gasteiger partial charge in [0.1, 0.15) is 17.3 Å². The number of ether oxygens (including phenoxy) is 2. The van der Waals surface area contributed by atoms with Gasteiger partial charge in [0.25, 0.3) is 0 Å². The number of nitrogens with one attached hydrogen (secondary N) is 3. The van der Waals surface area contributed by atoms with Crippen molar-refractivity contribution in [2.75, 3.05) is 23.1 Å². The molecule has 3 heterocycles. The van der Waals surface area contributed by atoms with Gasteiger partial charge in [0.05, 0.1) is 22.7 Å². The summed E-state index contributed by atoms with van der Waals surface area (Å²) in [7, 11) is -4.22. The Bertz CT molecular complexity index is 2040. The third kappa shape index (κ3) is 7.91. The standard InChI is InChI=1S/C33H30F4N6O4S/c1-20-6-11-24-25(12-13-27(34)29(24)43-48(44,45)19-21-7-9-23(10-8-21)47-33(35,36)37)30(20)46-31-26(5-3-16-39-31)28-14-17-40-32(42-28)41-22-4-2-15-38-18-22/h3,5-14,16-17,22,38,43H,2,4,15,18-19H2,1H3,(H,40,41,42). The molecule has 15 heteroatoms. The van der Waals surface area contributed by atoms with Gasteiger partial charge in [0.2, 0.25) is 21.9 Å². The molecule has 48 heavy (non-hydrogen) atoms. The van der Waals surface area contributed by atoms with Crippen LogP contribution in [0.25, 0.3) is 22.0 Å². The van der Waals surface area contributed by atoms with Crippen molar-refractivity contribution >= 4 is 32.4 Å². The zero-order valence-corrected chi connectivity index (χ0v) is 26.3. The second-order valence-electron chi connectivity index (χ2n) is 11.2. The largest absolute Gasteiger partial charge is 0.573 e. The first-order chi connectivity index (χ1) is 22.9. The van der Waals surface area contributed by atoms with Crippen LogP contribution in [0.3, 0.4) is 0 Å². The van der Waals surface area contributed by atoms with Gasteiger partial charge in [-0.15, -0.1) is 13.2 Å². The molecular formula is C33H30F4N6O4S. The maximum absolute atomic E-state index is 15.2. The summed E-state index contributed by atoms with van der Waals surface area (Å²) in [6, 6.07) is 15.7. The number of rotatable bonds is 10. The number of pyridine rings is 1. The summed E-state index contributed by atoms with van der Waals surface area (Å²) in [5.41, 5.74) is 1.68. The highest BCUT2D eigenvalue weighted by molar-refractivity contribution is 7.91. The predicted octanol–water partition coefficient (Wildman–Crippen LogP) is 6.94. The number of hydrogen-bond donors (Lipinski definition) is 3. The molecule has 1 unspecified atom stereocenters. The summed E-state index contributed by atoms with van der Waals surface area (Å²) in [4.78, 5) is 13.5. The number of aromatic nitrogens is 3. The van der Waals surface area contributed by atoms with E-state index in [1.54, 1.807) is 49.6 Å². The summed E-state index contributed by atoms with van der Waals surface area (Å²) < 4.78 is 91.5. The average Bonchev–Trinajstić information content (AvgIpc) is 3.04. The fourth-order valence-electron chi connectivity index (χ4n) is 5.40. The van der Waals surface area contributed by atoms with Gasteiger partial charge in [-0.25, -0.2) is 27.8 Å². The van der Waals surface area contributed by atoms with Crippen molar-refractivity contribution in [3.05, 3.63) is 96.1 Å². The van der Waals surface area contributed by atoms with Crippen molar-refractivity contribution in [3.8, 4) is 28.6 Å². The van der Waals surface area contributed by atoms with Crippen LogP contribution in [0.5, 0.6) is 17.4 Å². The van der Waals surface area contributed by atoms with E-state index in [1.807, 2.05) is 0 Å². The molecule has 3 aromatic carbocycles. The highest BCUT2D eigenvalue weighted by Gasteiger charge is 2.31. The average molecular weight is 683 g/mol. The highest BCUT2D eigenvalue weighted by atomic mass is 32.2. The Morgan fingerprint density at radius 2 is 1.77 bits per heavy atom. The molecule has 0 spiro atoms. The Hall–Kier alpha value is -5.02. The molecule has 3 N–H and O–H groups in total. The normalized spacial score (nSPS) is 15.2. The van der Waals surface area contributed by atoms with Gasteiger partial charge < -0.3 is 20.1 Å². The van der Waals surface area contributed by atoms with E-state index in [2.05, 4.69) is 30.1 Å². The zero-order valence-electron chi connectivity index (χ0n) is 25.5. The highest BCUT2D eigenvalue weighted by Crippen LogP contribution is 2.40. The molecule has 1 fully saturated rings. The lowest BCUT2D eigenvalue weighted by Gasteiger charge is -2.23. The van der Waals surface area contributed by atoms with Crippen LogP contribution in [0.15, 0.2) is 79.1 Å². The number of hydrogen-bond acceptors (Lipinski definition) is 9. The van der Waals surface area contributed by atoms with Crippen molar-refractivity contribution in [3.63, 3.8) is 0 Å². The molecule has 0 amide bonds. The third-order valence-corrected chi connectivity index (χ3v) is 8.83. The number of sulfonamides is 1. The van der Waals surface area contributed by atoms with Crippen LogP contribution in [0.4, 0.5) is 29.2 Å². The monoisotopic (exact) mass is 682 g/mol. The Morgan fingerprint density at radius 1 is 0.979 bits per heavy atom. The van der Waals surface area contributed by atoms with Crippen LogP contribution in [0, 0.1) is 12.7 Å². The molecule has 2 aromatic heterocycles. The van der Waals surface area contributed by atoms with Gasteiger partial charge in [-0.05, 0) is 79.9 Å². The van der Waals surface area contributed by atoms with E-state index in [9.17, 15) is 21.6 Å². The Labute approximate surface area is 273 Å². The summed E-state index contributed by atoms with van der Waals surface area (Å²) >= 11 is 0. The van der Waals surface area contributed by atoms with Crippen LogP contribution in [0.2, 0.25) is 0 Å². The van der Waals surface area contributed by atoms with Crippen molar-refractivity contribution < 1.29 is 35.5 Å². The van der Waals surface area contributed by atoms with Crippen LogP contribution in [-0.4, -0.2) is 48.9 Å². The maximum Gasteiger partial charge on any atom is 0.573 e. The molecule has 1 aliphatic heterocycles. The second-order valence-corrected chi connectivity index (χ2v) is 12.9. The molecule has 0 saturated carbocycles. The molecule has 10 nitrogen and oxygen atoms in total. The predicted molar refractivity (Wildman–Crippen MR) is 173 cm³/mol. The summed E-state index contributed by atoms with van der Waals surface area (Å²) in [5, 5.41) is 7.35. The Kier molecular flexibility index (Phi) is 9.33. The summed E-state index contributed by atoms with van der Waals surface area (Å²) in [5.74, 6) is -0.938. The van der Waals surface area contributed by atoms with Crippen molar-refractivity contribution in [1.82, 2.24) is 20.3 Å². The number of piperidine rings is 1. The van der Waals surface area contributed by atoms with Crippen LogP contribution in [-0.2, 0) is 15.8 Å². The summed E-state index contributed by atoms with van der Waals surface area (Å²) in [6.45, 7) is 3.58. The zero-order chi connectivity index (χ0) is 33.9.